The zero-order valence-electron chi connectivity index (χ0n) is 30.0. The van der Waals surface area contributed by atoms with E-state index in [4.69, 9.17) is 9.47 Å². The summed E-state index contributed by atoms with van der Waals surface area (Å²) in [4.78, 5) is 73.1. The Hall–Kier alpha value is -6.29. The van der Waals surface area contributed by atoms with Crippen LogP contribution in [0.4, 0.5) is 11.4 Å². The number of anilines is 2. The van der Waals surface area contributed by atoms with Gasteiger partial charge < -0.3 is 14.6 Å². The first kappa shape index (κ1) is 34.8. The molecule has 0 spiro atoms. The lowest BCUT2D eigenvalue weighted by Crippen LogP contribution is -2.49. The number of imide groups is 2. The van der Waals surface area contributed by atoms with Crippen molar-refractivity contribution in [1.82, 2.24) is 0 Å². The average Bonchev–Trinajstić information content (AvgIpc) is 3.57. The van der Waals surface area contributed by atoms with Gasteiger partial charge in [0.15, 0.2) is 17.3 Å². The van der Waals surface area contributed by atoms with Gasteiger partial charge in [0, 0.05) is 17.0 Å². The highest BCUT2D eigenvalue weighted by molar-refractivity contribution is 6.25. The molecule has 1 saturated carbocycles. The second-order valence-electron chi connectivity index (χ2n) is 14.4. The summed E-state index contributed by atoms with van der Waals surface area (Å²) in [6.45, 7) is 1.82. The molecule has 8 rings (SSSR count). The molecule has 6 unspecified atom stereocenters. The summed E-state index contributed by atoms with van der Waals surface area (Å²) in [6.07, 6.45) is 6.19. The van der Waals surface area contributed by atoms with Gasteiger partial charge in [-0.1, -0.05) is 72.3 Å². The van der Waals surface area contributed by atoms with Gasteiger partial charge >= 0.3 is 0 Å². The highest BCUT2D eigenvalue weighted by Gasteiger charge is 2.67. The third-order valence-electron chi connectivity index (χ3n) is 11.8. The summed E-state index contributed by atoms with van der Waals surface area (Å²) in [5.74, 6) is -4.54. The van der Waals surface area contributed by atoms with Crippen LogP contribution in [0.3, 0.4) is 0 Å². The van der Waals surface area contributed by atoms with Gasteiger partial charge in [-0.15, -0.1) is 0 Å². The molecule has 3 fully saturated rings. The SMILES string of the molecule is COc1cc(C=CC2C3=CCC4C(=O)N(c5ccc(C(=O)c6ccccc6)cc5)C(=O)C4C3CC3C(=O)N(c4ccccc4)C(=O)C23C)cc(OC)c1O. The van der Waals surface area contributed by atoms with Crippen molar-refractivity contribution in [3.8, 4) is 17.2 Å². The molecule has 4 amide bonds. The number of carbonyl (C=O) groups excluding carboxylic acids is 5. The first-order chi connectivity index (χ1) is 26.1. The molecule has 272 valence electrons. The number of ether oxygens (including phenoxy) is 2. The molecule has 0 radical (unpaired) electrons. The van der Waals surface area contributed by atoms with E-state index >= 15 is 0 Å². The minimum absolute atomic E-state index is 0.149. The number of hydrogen-bond acceptors (Lipinski definition) is 8. The number of fused-ring (bicyclic) bond motifs is 4. The Kier molecular flexibility index (Phi) is 8.56. The lowest BCUT2D eigenvalue weighted by atomic mass is 9.52. The largest absolute Gasteiger partial charge is 0.502 e. The standard InChI is InChI=1S/C44H38N2O8/c1-44-33(21-14-25-22-35(53-2)39(48)36(23-25)54-3)30-19-20-31-37(32(30)24-34(44)41(50)46(43(44)52)28-12-8-5-9-13-28)42(51)45(40(31)49)29-17-15-27(16-18-29)38(47)26-10-6-4-7-11-26/h4-19,21-23,31-34,37,48H,20,24H2,1-3H3. The third kappa shape index (κ3) is 5.27. The van der Waals surface area contributed by atoms with Crippen LogP contribution in [0.25, 0.3) is 6.08 Å². The predicted molar refractivity (Wildman–Crippen MR) is 201 cm³/mol. The van der Waals surface area contributed by atoms with E-state index < -0.39 is 35.0 Å². The summed E-state index contributed by atoms with van der Waals surface area (Å²) in [7, 11) is 2.87. The van der Waals surface area contributed by atoms with Crippen molar-refractivity contribution in [1.29, 1.82) is 0 Å². The van der Waals surface area contributed by atoms with Gasteiger partial charge in [0.25, 0.3) is 0 Å². The van der Waals surface area contributed by atoms with Crippen molar-refractivity contribution in [2.75, 3.05) is 24.0 Å². The van der Waals surface area contributed by atoms with Gasteiger partial charge in [0.05, 0.1) is 48.8 Å². The van der Waals surface area contributed by atoms with Crippen LogP contribution in [0, 0.1) is 35.0 Å². The van der Waals surface area contributed by atoms with Crippen molar-refractivity contribution in [2.24, 2.45) is 35.0 Å². The van der Waals surface area contributed by atoms with Gasteiger partial charge in [-0.25, -0.2) is 4.90 Å². The molecule has 10 nitrogen and oxygen atoms in total. The third-order valence-corrected chi connectivity index (χ3v) is 11.8. The first-order valence-electron chi connectivity index (χ1n) is 17.9. The highest BCUT2D eigenvalue weighted by Crippen LogP contribution is 2.61. The van der Waals surface area contributed by atoms with Crippen molar-refractivity contribution < 1.29 is 38.6 Å². The molecule has 4 aliphatic rings. The van der Waals surface area contributed by atoms with Crippen molar-refractivity contribution in [3.63, 3.8) is 0 Å². The second-order valence-corrected chi connectivity index (χ2v) is 14.4. The predicted octanol–water partition coefficient (Wildman–Crippen LogP) is 6.62. The number of benzene rings is 4. The van der Waals surface area contributed by atoms with Crippen LogP contribution in [0.2, 0.25) is 0 Å². The van der Waals surface area contributed by atoms with E-state index in [9.17, 15) is 29.1 Å². The molecular weight excluding hydrogens is 684 g/mol. The zero-order chi connectivity index (χ0) is 37.9. The molecule has 4 aromatic carbocycles. The summed E-state index contributed by atoms with van der Waals surface area (Å²) in [6, 6.07) is 27.5. The maximum Gasteiger partial charge on any atom is 0.241 e. The number of phenolic OH excluding ortho intramolecular Hbond substituents is 1. The van der Waals surface area contributed by atoms with Crippen molar-refractivity contribution in [2.45, 2.75) is 19.8 Å². The van der Waals surface area contributed by atoms with Gasteiger partial charge in [0.2, 0.25) is 29.4 Å². The van der Waals surface area contributed by atoms with Gasteiger partial charge in [-0.05, 0) is 79.8 Å². The summed E-state index contributed by atoms with van der Waals surface area (Å²) < 4.78 is 10.7. The number of methoxy groups -OCH3 is 2. The average molecular weight is 723 g/mol. The Labute approximate surface area is 312 Å². The number of rotatable bonds is 8. The van der Waals surface area contributed by atoms with E-state index in [0.717, 1.165) is 5.57 Å². The molecule has 2 aliphatic heterocycles. The maximum absolute atomic E-state index is 14.6. The summed E-state index contributed by atoms with van der Waals surface area (Å²) >= 11 is 0. The van der Waals surface area contributed by atoms with Crippen LogP contribution >= 0.6 is 0 Å². The molecule has 10 heteroatoms. The van der Waals surface area contributed by atoms with Crippen LogP contribution in [-0.4, -0.2) is 48.7 Å². The van der Waals surface area contributed by atoms with E-state index in [-0.39, 0.29) is 53.1 Å². The van der Waals surface area contributed by atoms with Gasteiger partial charge in [-0.2, -0.15) is 0 Å². The monoisotopic (exact) mass is 722 g/mol. The van der Waals surface area contributed by atoms with E-state index in [1.807, 2.05) is 37.3 Å². The fourth-order valence-corrected chi connectivity index (χ4v) is 9.03. The number of carbonyl (C=O) groups is 5. The minimum Gasteiger partial charge on any atom is -0.502 e. The quantitative estimate of drug-likeness (QED) is 0.122. The molecule has 1 N–H and O–H groups in total. The molecule has 54 heavy (non-hydrogen) atoms. The Bertz CT molecular complexity index is 2240. The molecule has 0 aromatic heterocycles. The van der Waals surface area contributed by atoms with E-state index in [1.165, 1.54) is 24.0 Å². The molecule has 6 atom stereocenters. The van der Waals surface area contributed by atoms with E-state index in [0.29, 0.717) is 34.5 Å². The number of hydrogen-bond donors (Lipinski definition) is 1. The zero-order valence-corrected chi connectivity index (χ0v) is 30.0. The molecule has 2 saturated heterocycles. The van der Waals surface area contributed by atoms with Crippen LogP contribution in [0.15, 0.2) is 115 Å². The van der Waals surface area contributed by atoms with Crippen LogP contribution in [-0.2, 0) is 19.2 Å². The van der Waals surface area contributed by atoms with Crippen LogP contribution < -0.4 is 19.3 Å². The summed E-state index contributed by atoms with van der Waals surface area (Å²) in [5.41, 5.74) is 2.08. The topological polar surface area (TPSA) is 131 Å². The lowest BCUT2D eigenvalue weighted by Gasteiger charge is -2.47. The van der Waals surface area contributed by atoms with Gasteiger partial charge in [-0.3, -0.25) is 28.9 Å². The Morgan fingerprint density at radius 3 is 1.98 bits per heavy atom. The lowest BCUT2D eigenvalue weighted by molar-refractivity contribution is -0.132. The number of phenols is 1. The number of allylic oxidation sites excluding steroid dienone is 3. The van der Waals surface area contributed by atoms with E-state index in [1.54, 1.807) is 84.9 Å². The number of amides is 4. The van der Waals surface area contributed by atoms with E-state index in [2.05, 4.69) is 0 Å². The normalized spacial score (nSPS) is 26.1. The highest BCUT2D eigenvalue weighted by atomic mass is 16.5. The first-order valence-corrected chi connectivity index (χ1v) is 17.9. The number of ketones is 1. The fourth-order valence-electron chi connectivity index (χ4n) is 9.03. The number of para-hydroxylation sites is 1. The molecule has 4 aromatic rings. The van der Waals surface area contributed by atoms with Crippen LogP contribution in [0.1, 0.15) is 41.3 Å². The number of aromatic hydroxyl groups is 1. The smallest absolute Gasteiger partial charge is 0.241 e. The molecule has 2 heterocycles. The Morgan fingerprint density at radius 1 is 0.759 bits per heavy atom. The second kappa shape index (κ2) is 13.3. The summed E-state index contributed by atoms with van der Waals surface area (Å²) in [5, 5.41) is 10.5. The van der Waals surface area contributed by atoms with Gasteiger partial charge in [0.1, 0.15) is 0 Å². The minimum atomic E-state index is -1.20. The van der Waals surface area contributed by atoms with Crippen LogP contribution in [0.5, 0.6) is 17.2 Å². The maximum atomic E-state index is 14.6. The number of nitrogens with zero attached hydrogens (tertiary/aromatic N) is 2. The Morgan fingerprint density at radius 2 is 1.35 bits per heavy atom. The molecule has 2 aliphatic carbocycles. The van der Waals surface area contributed by atoms with Crippen molar-refractivity contribution in [3.05, 3.63) is 131 Å². The molecular formula is C44H38N2O8. The Balaban J connectivity index is 1.17. The fraction of sp³-hybridized carbons (Fsp3) is 0.250. The van der Waals surface area contributed by atoms with Crippen molar-refractivity contribution >= 4 is 46.9 Å². The molecule has 0 bridgehead atoms.